The molecule has 0 aliphatic carbocycles. The molecule has 2 saturated heterocycles. The van der Waals surface area contributed by atoms with Gasteiger partial charge >= 0.3 is 6.18 Å². The molecule has 4 heterocycles. The summed E-state index contributed by atoms with van der Waals surface area (Å²) in [6, 6.07) is 12.2. The summed E-state index contributed by atoms with van der Waals surface area (Å²) >= 11 is 0. The molecule has 0 saturated carbocycles. The molecule has 0 spiro atoms. The summed E-state index contributed by atoms with van der Waals surface area (Å²) in [5.41, 5.74) is 0.962. The van der Waals surface area contributed by atoms with Crippen LogP contribution < -0.4 is 4.90 Å². The molecule has 1 aromatic carbocycles. The zero-order valence-corrected chi connectivity index (χ0v) is 23.3. The molecule has 0 radical (unpaired) electrons. The Morgan fingerprint density at radius 2 is 1.83 bits per heavy atom. The topological polar surface area (TPSA) is 101 Å². The third kappa shape index (κ3) is 6.26. The van der Waals surface area contributed by atoms with E-state index < -0.39 is 36.2 Å². The highest BCUT2D eigenvalue weighted by Gasteiger charge is 2.52. The van der Waals surface area contributed by atoms with Crippen molar-refractivity contribution in [2.24, 2.45) is 5.92 Å². The van der Waals surface area contributed by atoms with Gasteiger partial charge in [0.25, 0.3) is 5.91 Å². The summed E-state index contributed by atoms with van der Waals surface area (Å²) in [5, 5.41) is 4.32. The standard InChI is InChI=1S/C29H32F3N5O5/c1-19-21(8-11-42-19)28(40)37-25(34(2)15-20-6-4-3-5-7-20)14-23(33-37)27-22(29(30,31)32)16-35(17-24(27)38)18-26(39)36-9-12-41-13-10-36/h3-8,11,14,22,27H,9-10,12-13,15-18H2,1-2H3. The van der Waals surface area contributed by atoms with Crippen LogP contribution in [0.2, 0.25) is 0 Å². The van der Waals surface area contributed by atoms with Gasteiger partial charge < -0.3 is 19.0 Å². The monoisotopic (exact) mass is 587 g/mol. The summed E-state index contributed by atoms with van der Waals surface area (Å²) in [7, 11) is 1.70. The number of aromatic nitrogens is 2. The minimum atomic E-state index is -4.76. The molecule has 2 fully saturated rings. The fraction of sp³-hybridized carbons (Fsp3) is 0.448. The number of anilines is 1. The van der Waals surface area contributed by atoms with Crippen molar-refractivity contribution in [3.05, 3.63) is 71.3 Å². The number of halogens is 3. The minimum absolute atomic E-state index is 0.147. The number of alkyl halides is 3. The molecule has 2 aromatic heterocycles. The Hall–Kier alpha value is -3.97. The maximum Gasteiger partial charge on any atom is 0.394 e. The number of carbonyl (C=O) groups is 3. The van der Waals surface area contributed by atoms with Gasteiger partial charge in [-0.15, -0.1) is 0 Å². The van der Waals surface area contributed by atoms with Crippen LogP contribution in [-0.4, -0.2) is 96.3 Å². The molecule has 0 N–H and O–H groups in total. The van der Waals surface area contributed by atoms with Crippen molar-refractivity contribution in [2.45, 2.75) is 25.6 Å². The summed E-state index contributed by atoms with van der Waals surface area (Å²) in [5.74, 6) is -4.84. The van der Waals surface area contributed by atoms with Crippen LogP contribution in [0.1, 0.15) is 33.3 Å². The molecular formula is C29H32F3N5O5. The number of rotatable bonds is 7. The largest absolute Gasteiger partial charge is 0.469 e. The first-order chi connectivity index (χ1) is 20.0. The predicted molar refractivity (Wildman–Crippen MR) is 145 cm³/mol. The molecule has 2 atom stereocenters. The second kappa shape index (κ2) is 12.1. The maximum atomic E-state index is 14.5. The van der Waals surface area contributed by atoms with Crippen molar-refractivity contribution in [3.63, 3.8) is 0 Å². The molecule has 2 aliphatic heterocycles. The van der Waals surface area contributed by atoms with Crippen LogP contribution in [-0.2, 0) is 20.9 Å². The average Bonchev–Trinajstić information content (AvgIpc) is 3.59. The molecule has 0 bridgehead atoms. The van der Waals surface area contributed by atoms with Gasteiger partial charge in [-0.25, -0.2) is 0 Å². The summed E-state index contributed by atoms with van der Waals surface area (Å²) < 4.78 is 55.0. The summed E-state index contributed by atoms with van der Waals surface area (Å²) in [6.07, 6.45) is -3.41. The average molecular weight is 588 g/mol. The lowest BCUT2D eigenvalue weighted by molar-refractivity contribution is -0.194. The smallest absolute Gasteiger partial charge is 0.394 e. The SMILES string of the molecule is Cc1occc1C(=O)n1nc(C2C(=O)CN(CC(=O)N3CCOCC3)CC2C(F)(F)F)cc1N(C)Cc1ccccc1. The number of hydrogen-bond acceptors (Lipinski definition) is 8. The first kappa shape index (κ1) is 29.5. The van der Waals surface area contributed by atoms with Gasteiger partial charge in [0.15, 0.2) is 5.78 Å². The van der Waals surface area contributed by atoms with Crippen molar-refractivity contribution in [1.82, 2.24) is 19.6 Å². The Kier molecular flexibility index (Phi) is 8.50. The number of nitrogens with zero attached hydrogens (tertiary/aromatic N) is 5. The number of aryl methyl sites for hydroxylation is 1. The molecule has 13 heteroatoms. The number of likely N-dealkylation sites (tertiary alicyclic amines) is 1. The van der Waals surface area contributed by atoms with Crippen molar-refractivity contribution in [2.75, 3.05) is 57.9 Å². The predicted octanol–water partition coefficient (Wildman–Crippen LogP) is 3.12. The van der Waals surface area contributed by atoms with E-state index in [2.05, 4.69) is 5.10 Å². The molecule has 2 aliphatic rings. The maximum absolute atomic E-state index is 14.5. The van der Waals surface area contributed by atoms with Crippen LogP contribution in [0.5, 0.6) is 0 Å². The number of furan rings is 1. The lowest BCUT2D eigenvalue weighted by atomic mass is 9.81. The highest BCUT2D eigenvalue weighted by molar-refractivity contribution is 5.98. The molecule has 5 rings (SSSR count). The third-order valence-corrected chi connectivity index (χ3v) is 7.69. The molecule has 42 heavy (non-hydrogen) atoms. The fourth-order valence-electron chi connectivity index (χ4n) is 5.50. The number of morpholine rings is 1. The first-order valence-corrected chi connectivity index (χ1v) is 13.6. The Balaban J connectivity index is 1.46. The highest BCUT2D eigenvalue weighted by atomic mass is 19.4. The van der Waals surface area contributed by atoms with E-state index in [9.17, 15) is 27.6 Å². The Bertz CT molecular complexity index is 1430. The van der Waals surface area contributed by atoms with Gasteiger partial charge in [0.2, 0.25) is 5.91 Å². The minimum Gasteiger partial charge on any atom is -0.469 e. The van der Waals surface area contributed by atoms with Gasteiger partial charge in [-0.1, -0.05) is 30.3 Å². The number of hydrogen-bond donors (Lipinski definition) is 0. The number of benzene rings is 1. The number of ketones is 1. The van der Waals surface area contributed by atoms with E-state index in [0.29, 0.717) is 38.6 Å². The number of Topliss-reactive ketones (excluding diaryl/α,β-unsaturated/α-hetero) is 1. The van der Waals surface area contributed by atoms with E-state index in [0.717, 1.165) is 10.2 Å². The zero-order chi connectivity index (χ0) is 30.0. The fourth-order valence-corrected chi connectivity index (χ4v) is 5.50. The van der Waals surface area contributed by atoms with Crippen LogP contribution in [0.4, 0.5) is 19.0 Å². The molecule has 1 amide bonds. The normalized spacial score (nSPS) is 20.1. The second-order valence-electron chi connectivity index (χ2n) is 10.6. The lowest BCUT2D eigenvalue weighted by Gasteiger charge is -2.38. The molecule has 2 unspecified atom stereocenters. The van der Waals surface area contributed by atoms with Gasteiger partial charge in [0.1, 0.15) is 11.6 Å². The molecule has 10 nitrogen and oxygen atoms in total. The van der Waals surface area contributed by atoms with Gasteiger partial charge in [0, 0.05) is 39.3 Å². The van der Waals surface area contributed by atoms with Crippen molar-refractivity contribution < 1.29 is 36.7 Å². The van der Waals surface area contributed by atoms with Crippen molar-refractivity contribution in [1.29, 1.82) is 0 Å². The van der Waals surface area contributed by atoms with Crippen LogP contribution in [0.25, 0.3) is 0 Å². The Morgan fingerprint density at radius 1 is 1.12 bits per heavy atom. The van der Waals surface area contributed by atoms with E-state index in [4.69, 9.17) is 9.15 Å². The van der Waals surface area contributed by atoms with E-state index in [1.165, 1.54) is 28.2 Å². The van der Waals surface area contributed by atoms with E-state index in [1.54, 1.807) is 18.9 Å². The van der Waals surface area contributed by atoms with Gasteiger partial charge in [-0.2, -0.15) is 23.0 Å². The third-order valence-electron chi connectivity index (χ3n) is 7.69. The Labute approximate surface area is 240 Å². The van der Waals surface area contributed by atoms with Gasteiger partial charge in [-0.05, 0) is 18.6 Å². The van der Waals surface area contributed by atoms with E-state index >= 15 is 0 Å². The molecule has 3 aromatic rings. The zero-order valence-electron chi connectivity index (χ0n) is 23.3. The van der Waals surface area contributed by atoms with Gasteiger partial charge in [-0.3, -0.25) is 19.3 Å². The summed E-state index contributed by atoms with van der Waals surface area (Å²) in [6.45, 7) is 2.17. The van der Waals surface area contributed by atoms with E-state index in [-0.39, 0.29) is 36.1 Å². The highest BCUT2D eigenvalue weighted by Crippen LogP contribution is 2.42. The quantitative estimate of drug-likeness (QED) is 0.416. The number of ether oxygens (including phenoxy) is 1. The molecular weight excluding hydrogens is 555 g/mol. The van der Waals surface area contributed by atoms with E-state index in [1.807, 2.05) is 30.3 Å². The molecule has 224 valence electrons. The van der Waals surface area contributed by atoms with Crippen LogP contribution >= 0.6 is 0 Å². The second-order valence-corrected chi connectivity index (χ2v) is 10.6. The number of carbonyl (C=O) groups excluding carboxylic acids is 3. The van der Waals surface area contributed by atoms with Gasteiger partial charge in [0.05, 0.1) is 55.7 Å². The summed E-state index contributed by atoms with van der Waals surface area (Å²) in [4.78, 5) is 44.1. The Morgan fingerprint density at radius 3 is 2.48 bits per heavy atom. The number of piperidine rings is 1. The number of amides is 1. The van der Waals surface area contributed by atoms with Crippen LogP contribution in [0.3, 0.4) is 0 Å². The lowest BCUT2D eigenvalue weighted by Crippen LogP contribution is -2.54. The van der Waals surface area contributed by atoms with Crippen LogP contribution in [0.15, 0.2) is 53.1 Å². The first-order valence-electron chi connectivity index (χ1n) is 13.6. The van der Waals surface area contributed by atoms with Crippen LogP contribution in [0, 0.1) is 12.8 Å². The van der Waals surface area contributed by atoms with Crippen molar-refractivity contribution in [3.8, 4) is 0 Å². The van der Waals surface area contributed by atoms with Crippen molar-refractivity contribution >= 4 is 23.4 Å².